The fourth-order valence-electron chi connectivity index (χ4n) is 3.22. The fraction of sp³-hybridized carbons (Fsp3) is 0.190. The number of methoxy groups -OCH3 is 1. The quantitative estimate of drug-likeness (QED) is 0.483. The number of aromatic nitrogens is 4. The molecule has 0 spiro atoms. The minimum Gasteiger partial charge on any atom is -0.504 e. The summed E-state index contributed by atoms with van der Waals surface area (Å²) < 4.78 is 5.19. The van der Waals surface area contributed by atoms with Gasteiger partial charge in [0.2, 0.25) is 0 Å². The zero-order valence-electron chi connectivity index (χ0n) is 15.9. The number of anilines is 1. The Morgan fingerprint density at radius 3 is 2.75 bits per heavy atom. The van der Waals surface area contributed by atoms with E-state index in [0.717, 1.165) is 22.1 Å². The number of aryl methyl sites for hydroxylation is 1. The van der Waals surface area contributed by atoms with Crippen molar-refractivity contribution >= 4 is 16.7 Å². The maximum atomic E-state index is 10.2. The third-order valence-electron chi connectivity index (χ3n) is 4.68. The van der Waals surface area contributed by atoms with E-state index in [1.54, 1.807) is 18.3 Å². The molecule has 7 heteroatoms. The minimum absolute atomic E-state index is 0.00593. The molecule has 1 atom stereocenters. The van der Waals surface area contributed by atoms with Crippen LogP contribution in [-0.4, -0.2) is 32.4 Å². The van der Waals surface area contributed by atoms with Gasteiger partial charge < -0.3 is 15.2 Å². The van der Waals surface area contributed by atoms with Gasteiger partial charge in [0.15, 0.2) is 11.5 Å². The van der Waals surface area contributed by atoms with Crippen LogP contribution in [0, 0.1) is 6.92 Å². The maximum Gasteiger partial charge on any atom is 0.162 e. The summed E-state index contributed by atoms with van der Waals surface area (Å²) in [5.41, 5.74) is 3.95. The minimum atomic E-state index is -0.00593. The highest BCUT2D eigenvalue weighted by Crippen LogP contribution is 2.34. The van der Waals surface area contributed by atoms with Crippen LogP contribution in [0.4, 0.5) is 5.82 Å². The Balaban J connectivity index is 1.70. The third kappa shape index (κ3) is 3.34. The van der Waals surface area contributed by atoms with Crippen molar-refractivity contribution in [2.24, 2.45) is 0 Å². The van der Waals surface area contributed by atoms with Crippen LogP contribution in [0.3, 0.4) is 0 Å². The molecular weight excluding hydrogens is 354 g/mol. The summed E-state index contributed by atoms with van der Waals surface area (Å²) in [5.74, 6) is 1.75. The van der Waals surface area contributed by atoms with Crippen molar-refractivity contribution in [1.29, 1.82) is 0 Å². The molecule has 0 aliphatic rings. The number of hydrogen-bond acceptors (Lipinski definition) is 6. The fourth-order valence-corrected chi connectivity index (χ4v) is 3.22. The number of rotatable bonds is 5. The SMILES string of the molecule is COc1cc2nc(C)nc(NC(C)c3cccc(-c4cn[nH]c4)c3)c2cc1O. The van der Waals surface area contributed by atoms with Crippen LogP contribution in [0.15, 0.2) is 48.8 Å². The average Bonchev–Trinajstić information content (AvgIpc) is 3.23. The van der Waals surface area contributed by atoms with E-state index in [1.807, 2.05) is 19.2 Å². The predicted molar refractivity (Wildman–Crippen MR) is 109 cm³/mol. The summed E-state index contributed by atoms with van der Waals surface area (Å²) in [7, 11) is 1.52. The summed E-state index contributed by atoms with van der Waals surface area (Å²) in [5, 5.41) is 21.2. The van der Waals surface area contributed by atoms with Gasteiger partial charge in [0.05, 0.1) is 18.8 Å². The second kappa shape index (κ2) is 7.19. The van der Waals surface area contributed by atoms with E-state index in [-0.39, 0.29) is 11.8 Å². The normalized spacial score (nSPS) is 12.1. The van der Waals surface area contributed by atoms with Crippen LogP contribution in [-0.2, 0) is 0 Å². The highest BCUT2D eigenvalue weighted by Gasteiger charge is 2.14. The molecule has 0 saturated heterocycles. The van der Waals surface area contributed by atoms with Gasteiger partial charge in [-0.3, -0.25) is 5.10 Å². The number of benzene rings is 2. The van der Waals surface area contributed by atoms with E-state index in [0.29, 0.717) is 22.9 Å². The highest BCUT2D eigenvalue weighted by molar-refractivity contribution is 5.91. The first-order chi connectivity index (χ1) is 13.5. The van der Waals surface area contributed by atoms with Crippen LogP contribution in [0.1, 0.15) is 24.4 Å². The summed E-state index contributed by atoms with van der Waals surface area (Å²) in [4.78, 5) is 9.01. The molecule has 0 aliphatic heterocycles. The van der Waals surface area contributed by atoms with Gasteiger partial charge >= 0.3 is 0 Å². The van der Waals surface area contributed by atoms with Crippen LogP contribution < -0.4 is 10.1 Å². The second-order valence-corrected chi connectivity index (χ2v) is 6.64. The molecule has 0 radical (unpaired) electrons. The van der Waals surface area contributed by atoms with Crippen molar-refractivity contribution in [2.45, 2.75) is 19.9 Å². The second-order valence-electron chi connectivity index (χ2n) is 6.64. The van der Waals surface area contributed by atoms with Gasteiger partial charge in [0.1, 0.15) is 11.6 Å². The van der Waals surface area contributed by atoms with Gasteiger partial charge in [-0.25, -0.2) is 9.97 Å². The molecule has 0 bridgehead atoms. The number of phenolic OH excluding ortho intramolecular Hbond substituents is 1. The molecule has 2 heterocycles. The molecule has 3 N–H and O–H groups in total. The Morgan fingerprint density at radius 1 is 1.14 bits per heavy atom. The number of hydrogen-bond donors (Lipinski definition) is 3. The number of H-pyrrole nitrogens is 1. The first kappa shape index (κ1) is 17.8. The van der Waals surface area contributed by atoms with Gasteiger partial charge in [0, 0.05) is 29.3 Å². The maximum absolute atomic E-state index is 10.2. The van der Waals surface area contributed by atoms with Crippen molar-refractivity contribution in [2.75, 3.05) is 12.4 Å². The first-order valence-corrected chi connectivity index (χ1v) is 8.96. The smallest absolute Gasteiger partial charge is 0.162 e. The summed E-state index contributed by atoms with van der Waals surface area (Å²) >= 11 is 0. The molecule has 4 aromatic rings. The van der Waals surface area contributed by atoms with Crippen molar-refractivity contribution < 1.29 is 9.84 Å². The molecule has 142 valence electrons. The summed E-state index contributed by atoms with van der Waals surface area (Å²) in [6.07, 6.45) is 3.67. The van der Waals surface area contributed by atoms with Crippen molar-refractivity contribution in [1.82, 2.24) is 20.2 Å². The Kier molecular flexibility index (Phi) is 4.57. The Labute approximate surface area is 162 Å². The molecule has 0 fully saturated rings. The largest absolute Gasteiger partial charge is 0.504 e. The van der Waals surface area contributed by atoms with Gasteiger partial charge in [-0.1, -0.05) is 18.2 Å². The molecule has 0 amide bonds. The predicted octanol–water partition coefficient (Wildman–Crippen LogP) is 4.22. The lowest BCUT2D eigenvalue weighted by Gasteiger charge is -2.18. The van der Waals surface area contributed by atoms with E-state index in [2.05, 4.69) is 50.6 Å². The van der Waals surface area contributed by atoms with E-state index in [9.17, 15) is 5.11 Å². The van der Waals surface area contributed by atoms with Crippen molar-refractivity contribution in [3.05, 3.63) is 60.2 Å². The molecule has 2 aromatic heterocycles. The highest BCUT2D eigenvalue weighted by atomic mass is 16.5. The average molecular weight is 375 g/mol. The standard InChI is InChI=1S/C21H21N5O2/c1-12(14-5-4-6-15(7-14)16-10-22-23-11-16)24-21-17-8-19(27)20(28-3)9-18(17)25-13(2)26-21/h4-12,27H,1-3H3,(H,22,23)(H,24,25,26). The number of fused-ring (bicyclic) bond motifs is 1. The third-order valence-corrected chi connectivity index (χ3v) is 4.68. The Hall–Kier alpha value is -3.61. The van der Waals surface area contributed by atoms with Crippen LogP contribution in [0.5, 0.6) is 11.5 Å². The lowest BCUT2D eigenvalue weighted by atomic mass is 10.0. The van der Waals surface area contributed by atoms with Gasteiger partial charge in [-0.15, -0.1) is 0 Å². The first-order valence-electron chi connectivity index (χ1n) is 8.96. The molecule has 4 rings (SSSR count). The molecule has 2 aromatic carbocycles. The summed E-state index contributed by atoms with van der Waals surface area (Å²) in [6, 6.07) is 11.6. The summed E-state index contributed by atoms with van der Waals surface area (Å²) in [6.45, 7) is 3.91. The molecule has 1 unspecified atom stereocenters. The van der Waals surface area contributed by atoms with Gasteiger partial charge in [-0.2, -0.15) is 5.10 Å². The van der Waals surface area contributed by atoms with Gasteiger partial charge in [0.25, 0.3) is 0 Å². The zero-order chi connectivity index (χ0) is 19.7. The van der Waals surface area contributed by atoms with E-state index < -0.39 is 0 Å². The van der Waals surface area contributed by atoms with Crippen LogP contribution >= 0.6 is 0 Å². The Bertz CT molecular complexity index is 1130. The molecular formula is C21H21N5O2. The van der Waals surface area contributed by atoms with Crippen LogP contribution in [0.25, 0.3) is 22.0 Å². The number of phenols is 1. The van der Waals surface area contributed by atoms with Crippen molar-refractivity contribution in [3.8, 4) is 22.6 Å². The number of ether oxygens (including phenoxy) is 1. The lowest BCUT2D eigenvalue weighted by Crippen LogP contribution is -2.09. The molecule has 0 aliphatic carbocycles. The zero-order valence-corrected chi connectivity index (χ0v) is 15.9. The number of aromatic hydroxyl groups is 1. The number of nitrogens with zero attached hydrogens (tertiary/aromatic N) is 3. The molecule has 28 heavy (non-hydrogen) atoms. The molecule has 0 saturated carbocycles. The topological polar surface area (TPSA) is 96.0 Å². The lowest BCUT2D eigenvalue weighted by molar-refractivity contribution is 0.374. The van der Waals surface area contributed by atoms with Gasteiger partial charge in [-0.05, 0) is 37.1 Å². The van der Waals surface area contributed by atoms with Crippen molar-refractivity contribution in [3.63, 3.8) is 0 Å². The van der Waals surface area contributed by atoms with E-state index in [1.165, 1.54) is 7.11 Å². The van der Waals surface area contributed by atoms with E-state index >= 15 is 0 Å². The van der Waals surface area contributed by atoms with Crippen LogP contribution in [0.2, 0.25) is 0 Å². The van der Waals surface area contributed by atoms with E-state index in [4.69, 9.17) is 4.74 Å². The molecule has 7 nitrogen and oxygen atoms in total. The monoisotopic (exact) mass is 375 g/mol. The Morgan fingerprint density at radius 2 is 2.00 bits per heavy atom. The number of aromatic amines is 1. The number of nitrogens with one attached hydrogen (secondary N) is 2.